The van der Waals surface area contributed by atoms with Crippen molar-refractivity contribution < 1.29 is 9.53 Å². The number of nitrogens with zero attached hydrogens (tertiary/aromatic N) is 3. The fourth-order valence-electron chi connectivity index (χ4n) is 3.35. The number of piperidine rings is 1. The van der Waals surface area contributed by atoms with Gasteiger partial charge in [-0.15, -0.1) is 0 Å². The van der Waals surface area contributed by atoms with Gasteiger partial charge in [0.25, 0.3) is 0 Å². The van der Waals surface area contributed by atoms with Crippen molar-refractivity contribution in [3.8, 4) is 0 Å². The summed E-state index contributed by atoms with van der Waals surface area (Å²) in [7, 11) is 2.04. The van der Waals surface area contributed by atoms with Gasteiger partial charge in [-0.25, -0.2) is 0 Å². The Balaban J connectivity index is 1.46. The molecule has 0 radical (unpaired) electrons. The molecule has 2 aliphatic rings. The highest BCUT2D eigenvalue weighted by atomic mass is 16.5. The van der Waals surface area contributed by atoms with E-state index in [1.54, 1.807) is 0 Å². The maximum Gasteiger partial charge on any atom is 0.239 e. The topological polar surface area (TPSA) is 49.7 Å². The molecule has 0 aromatic carbocycles. The minimum Gasteiger partial charge on any atom is -0.379 e. The summed E-state index contributed by atoms with van der Waals surface area (Å²) in [5, 5.41) is 3.44. The van der Waals surface area contributed by atoms with E-state index >= 15 is 0 Å². The highest BCUT2D eigenvalue weighted by Crippen LogP contribution is 2.13. The Bertz CT molecular complexity index is 510. The molecule has 1 aromatic heterocycles. The fraction of sp³-hybridized carbons (Fsp3) is 0.706. The first-order chi connectivity index (χ1) is 11.2. The molecule has 6 heteroatoms. The monoisotopic (exact) mass is 320 g/mol. The number of ether oxygens (including phenoxy) is 1. The summed E-state index contributed by atoms with van der Waals surface area (Å²) in [6.45, 7) is 7.03. The lowest BCUT2D eigenvalue weighted by atomic mass is 10.0. The minimum atomic E-state index is -0.0386. The number of carbonyl (C=O) groups excluding carboxylic acids is 1. The van der Waals surface area contributed by atoms with Gasteiger partial charge < -0.3 is 19.5 Å². The molecule has 6 nitrogen and oxygen atoms in total. The largest absolute Gasteiger partial charge is 0.379 e. The molecule has 1 N–H and O–H groups in total. The molecular weight excluding hydrogens is 292 g/mol. The van der Waals surface area contributed by atoms with E-state index in [-0.39, 0.29) is 11.9 Å². The van der Waals surface area contributed by atoms with E-state index in [9.17, 15) is 4.79 Å². The number of carbonyl (C=O) groups is 1. The van der Waals surface area contributed by atoms with Crippen molar-refractivity contribution in [1.82, 2.24) is 19.7 Å². The first kappa shape index (κ1) is 16.5. The quantitative estimate of drug-likeness (QED) is 0.826. The van der Waals surface area contributed by atoms with Crippen LogP contribution in [-0.2, 0) is 23.1 Å². The van der Waals surface area contributed by atoms with E-state index in [0.29, 0.717) is 0 Å². The van der Waals surface area contributed by atoms with Crippen LogP contribution in [0.5, 0.6) is 0 Å². The molecule has 23 heavy (non-hydrogen) atoms. The van der Waals surface area contributed by atoms with Crippen LogP contribution in [-0.4, -0.2) is 72.3 Å². The van der Waals surface area contributed by atoms with Gasteiger partial charge in [0, 0.05) is 58.2 Å². The van der Waals surface area contributed by atoms with E-state index in [1.807, 2.05) is 24.2 Å². The molecule has 1 unspecified atom stereocenters. The number of hydrogen-bond acceptors (Lipinski definition) is 4. The number of amides is 1. The maximum atomic E-state index is 12.7. The molecule has 3 heterocycles. The molecule has 0 spiro atoms. The van der Waals surface area contributed by atoms with Crippen molar-refractivity contribution in [2.45, 2.75) is 25.4 Å². The summed E-state index contributed by atoms with van der Waals surface area (Å²) in [5.74, 6) is 0.263. The second kappa shape index (κ2) is 7.95. The van der Waals surface area contributed by atoms with Crippen LogP contribution in [0.15, 0.2) is 18.3 Å². The Kier molecular flexibility index (Phi) is 5.70. The Labute approximate surface area is 138 Å². The zero-order valence-electron chi connectivity index (χ0n) is 14.0. The molecule has 2 fully saturated rings. The van der Waals surface area contributed by atoms with Crippen LogP contribution in [0.2, 0.25) is 0 Å². The zero-order valence-corrected chi connectivity index (χ0v) is 14.0. The van der Waals surface area contributed by atoms with Gasteiger partial charge in [0.15, 0.2) is 0 Å². The SMILES string of the molecule is Cn1cccc1CNC1CCCN(CCN2CCOCC2)C1=O. The molecule has 0 saturated carbocycles. The summed E-state index contributed by atoms with van der Waals surface area (Å²) in [6.07, 6.45) is 4.06. The van der Waals surface area contributed by atoms with Crippen LogP contribution in [0.4, 0.5) is 0 Å². The first-order valence-electron chi connectivity index (χ1n) is 8.66. The molecule has 1 atom stereocenters. The zero-order chi connectivity index (χ0) is 16.1. The van der Waals surface area contributed by atoms with Crippen LogP contribution >= 0.6 is 0 Å². The van der Waals surface area contributed by atoms with Crippen LogP contribution < -0.4 is 5.32 Å². The number of nitrogens with one attached hydrogen (secondary N) is 1. The number of hydrogen-bond donors (Lipinski definition) is 1. The summed E-state index contributed by atoms with van der Waals surface area (Å²) >= 11 is 0. The molecule has 2 aliphatic heterocycles. The average molecular weight is 320 g/mol. The number of likely N-dealkylation sites (tertiary alicyclic amines) is 1. The molecule has 0 aliphatic carbocycles. The van der Waals surface area contributed by atoms with Crippen molar-refractivity contribution in [3.63, 3.8) is 0 Å². The first-order valence-corrected chi connectivity index (χ1v) is 8.66. The Morgan fingerprint density at radius 3 is 2.83 bits per heavy atom. The molecule has 1 amide bonds. The third-order valence-corrected chi connectivity index (χ3v) is 4.90. The molecule has 0 bridgehead atoms. The number of aromatic nitrogens is 1. The van der Waals surface area contributed by atoms with Crippen LogP contribution in [0.3, 0.4) is 0 Å². The molecule has 1 aromatic rings. The number of morpholine rings is 1. The van der Waals surface area contributed by atoms with Gasteiger partial charge in [-0.05, 0) is 25.0 Å². The predicted octanol–water partition coefficient (Wildman–Crippen LogP) is 0.438. The van der Waals surface area contributed by atoms with Crippen molar-refractivity contribution in [3.05, 3.63) is 24.0 Å². The Hall–Kier alpha value is -1.37. The van der Waals surface area contributed by atoms with Gasteiger partial charge in [-0.3, -0.25) is 9.69 Å². The van der Waals surface area contributed by atoms with Crippen molar-refractivity contribution in [1.29, 1.82) is 0 Å². The van der Waals surface area contributed by atoms with Crippen LogP contribution in [0.1, 0.15) is 18.5 Å². The summed E-state index contributed by atoms with van der Waals surface area (Å²) in [4.78, 5) is 17.1. The fourth-order valence-corrected chi connectivity index (χ4v) is 3.35. The highest BCUT2D eigenvalue weighted by molar-refractivity contribution is 5.82. The van der Waals surface area contributed by atoms with E-state index in [4.69, 9.17) is 4.74 Å². The number of rotatable bonds is 6. The van der Waals surface area contributed by atoms with E-state index < -0.39 is 0 Å². The Morgan fingerprint density at radius 1 is 1.26 bits per heavy atom. The van der Waals surface area contributed by atoms with Crippen LogP contribution in [0.25, 0.3) is 0 Å². The third-order valence-electron chi connectivity index (χ3n) is 4.90. The summed E-state index contributed by atoms with van der Waals surface area (Å²) in [5.41, 5.74) is 1.21. The molecule has 3 rings (SSSR count). The second-order valence-electron chi connectivity index (χ2n) is 6.47. The van der Waals surface area contributed by atoms with Crippen molar-refractivity contribution in [2.75, 3.05) is 45.9 Å². The highest BCUT2D eigenvalue weighted by Gasteiger charge is 2.28. The van der Waals surface area contributed by atoms with Gasteiger partial charge in [-0.2, -0.15) is 0 Å². The summed E-state index contributed by atoms with van der Waals surface area (Å²) < 4.78 is 7.47. The van der Waals surface area contributed by atoms with Gasteiger partial charge in [0.05, 0.1) is 19.3 Å². The Morgan fingerprint density at radius 2 is 2.09 bits per heavy atom. The van der Waals surface area contributed by atoms with E-state index in [1.165, 1.54) is 5.69 Å². The lowest BCUT2D eigenvalue weighted by Gasteiger charge is -2.35. The predicted molar refractivity (Wildman–Crippen MR) is 89.1 cm³/mol. The lowest BCUT2D eigenvalue weighted by molar-refractivity contribution is -0.136. The van der Waals surface area contributed by atoms with E-state index in [2.05, 4.69) is 20.9 Å². The van der Waals surface area contributed by atoms with Gasteiger partial charge >= 0.3 is 0 Å². The number of aryl methyl sites for hydroxylation is 1. The lowest BCUT2D eigenvalue weighted by Crippen LogP contribution is -2.52. The standard InChI is InChI=1S/C17H28N4O2/c1-19-6-2-4-15(19)14-18-16-5-3-7-21(17(16)22)9-8-20-10-12-23-13-11-20/h2,4,6,16,18H,3,5,7-14H2,1H3. The molecular formula is C17H28N4O2. The smallest absolute Gasteiger partial charge is 0.239 e. The second-order valence-corrected chi connectivity index (χ2v) is 6.47. The van der Waals surface area contributed by atoms with Crippen LogP contribution in [0, 0.1) is 0 Å². The minimum absolute atomic E-state index is 0.0386. The van der Waals surface area contributed by atoms with Crippen molar-refractivity contribution in [2.24, 2.45) is 7.05 Å². The van der Waals surface area contributed by atoms with E-state index in [0.717, 1.165) is 65.3 Å². The maximum absolute atomic E-state index is 12.7. The molecule has 2 saturated heterocycles. The third kappa shape index (κ3) is 4.34. The molecule has 128 valence electrons. The summed E-state index contributed by atoms with van der Waals surface area (Å²) in [6, 6.07) is 4.09. The van der Waals surface area contributed by atoms with Crippen molar-refractivity contribution >= 4 is 5.91 Å². The average Bonchev–Trinajstić information content (AvgIpc) is 2.99. The van der Waals surface area contributed by atoms with Gasteiger partial charge in [-0.1, -0.05) is 0 Å². The van der Waals surface area contributed by atoms with Gasteiger partial charge in [0.2, 0.25) is 5.91 Å². The normalized spacial score (nSPS) is 23.4. The van der Waals surface area contributed by atoms with Gasteiger partial charge in [0.1, 0.15) is 0 Å².